The highest BCUT2D eigenvalue weighted by molar-refractivity contribution is 5.78. The van der Waals surface area contributed by atoms with Gasteiger partial charge in [0, 0.05) is 25.0 Å². The summed E-state index contributed by atoms with van der Waals surface area (Å²) in [6, 6.07) is -0.0406. The molecule has 5 nitrogen and oxygen atoms in total. The third-order valence-electron chi connectivity index (χ3n) is 3.06. The molecule has 0 aromatic rings. The molecule has 1 rings (SSSR count). The van der Waals surface area contributed by atoms with E-state index in [-0.39, 0.29) is 29.8 Å². The van der Waals surface area contributed by atoms with Crippen LogP contribution in [0.15, 0.2) is 0 Å². The summed E-state index contributed by atoms with van der Waals surface area (Å²) >= 11 is 0. The first-order valence-corrected chi connectivity index (χ1v) is 6.05. The normalized spacial score (nSPS) is 24.9. The van der Waals surface area contributed by atoms with E-state index in [1.807, 2.05) is 13.8 Å². The molecule has 98 valence electrons. The van der Waals surface area contributed by atoms with Gasteiger partial charge in [-0.1, -0.05) is 13.8 Å². The van der Waals surface area contributed by atoms with Crippen molar-refractivity contribution >= 4 is 11.9 Å². The maximum atomic E-state index is 11.9. The predicted octanol–water partition coefficient (Wildman–Crippen LogP) is 0.381. The first-order chi connectivity index (χ1) is 7.93. The largest absolute Gasteiger partial charge is 0.469 e. The van der Waals surface area contributed by atoms with Crippen LogP contribution in [0, 0.1) is 11.8 Å². The minimum Gasteiger partial charge on any atom is -0.469 e. The Balaban J connectivity index is 2.59. The second kappa shape index (κ2) is 6.00. The number of nitrogens with zero attached hydrogens (tertiary/aromatic N) is 1. The third kappa shape index (κ3) is 4.00. The summed E-state index contributed by atoms with van der Waals surface area (Å²) in [6.45, 7) is 4.95. The van der Waals surface area contributed by atoms with E-state index >= 15 is 0 Å². The third-order valence-corrected chi connectivity index (χ3v) is 3.06. The molecule has 0 aliphatic carbocycles. The van der Waals surface area contributed by atoms with Crippen molar-refractivity contribution in [2.24, 2.45) is 17.6 Å². The Morgan fingerprint density at radius 3 is 2.59 bits per heavy atom. The molecule has 2 N–H and O–H groups in total. The van der Waals surface area contributed by atoms with Crippen molar-refractivity contribution in [1.29, 1.82) is 0 Å². The first kappa shape index (κ1) is 14.0. The molecule has 0 saturated carbocycles. The summed E-state index contributed by atoms with van der Waals surface area (Å²) in [5.74, 6) is -0.0379. The zero-order valence-electron chi connectivity index (χ0n) is 10.8. The molecule has 1 heterocycles. The van der Waals surface area contributed by atoms with Gasteiger partial charge >= 0.3 is 5.97 Å². The first-order valence-electron chi connectivity index (χ1n) is 6.05. The van der Waals surface area contributed by atoms with Gasteiger partial charge in [-0.25, -0.2) is 0 Å². The Morgan fingerprint density at radius 1 is 1.41 bits per heavy atom. The zero-order chi connectivity index (χ0) is 13.0. The van der Waals surface area contributed by atoms with Gasteiger partial charge in [-0.05, 0) is 12.3 Å². The molecule has 0 aromatic carbocycles. The van der Waals surface area contributed by atoms with Gasteiger partial charge in [-0.15, -0.1) is 0 Å². The number of carbonyl (C=O) groups excluding carboxylic acids is 2. The highest BCUT2D eigenvalue weighted by Gasteiger charge is 2.30. The molecule has 2 atom stereocenters. The molecule has 0 aromatic heterocycles. The van der Waals surface area contributed by atoms with Gasteiger partial charge in [-0.2, -0.15) is 0 Å². The summed E-state index contributed by atoms with van der Waals surface area (Å²) in [5, 5.41) is 0. The smallest absolute Gasteiger partial charge is 0.305 e. The molecular weight excluding hydrogens is 220 g/mol. The topological polar surface area (TPSA) is 72.6 Å². The van der Waals surface area contributed by atoms with Gasteiger partial charge in [0.15, 0.2) is 0 Å². The summed E-state index contributed by atoms with van der Waals surface area (Å²) in [5.41, 5.74) is 5.92. The molecule has 0 radical (unpaired) electrons. The number of esters is 1. The van der Waals surface area contributed by atoms with E-state index in [0.29, 0.717) is 19.5 Å². The number of amides is 1. The fourth-order valence-corrected chi connectivity index (χ4v) is 2.26. The van der Waals surface area contributed by atoms with E-state index in [9.17, 15) is 9.59 Å². The van der Waals surface area contributed by atoms with Crippen LogP contribution >= 0.6 is 0 Å². The number of carbonyl (C=O) groups is 2. The lowest BCUT2D eigenvalue weighted by molar-refractivity contribution is -0.144. The molecule has 0 spiro atoms. The number of hydrogen-bond acceptors (Lipinski definition) is 4. The molecule has 17 heavy (non-hydrogen) atoms. The zero-order valence-corrected chi connectivity index (χ0v) is 10.8. The van der Waals surface area contributed by atoms with Gasteiger partial charge in [0.2, 0.25) is 5.91 Å². The van der Waals surface area contributed by atoms with E-state index in [1.54, 1.807) is 4.90 Å². The summed E-state index contributed by atoms with van der Waals surface area (Å²) in [6.07, 6.45) is 1.11. The van der Waals surface area contributed by atoms with E-state index in [0.717, 1.165) is 6.42 Å². The lowest BCUT2D eigenvalue weighted by atomic mass is 9.91. The van der Waals surface area contributed by atoms with Crippen LogP contribution < -0.4 is 5.73 Å². The Morgan fingerprint density at radius 2 is 2.06 bits per heavy atom. The van der Waals surface area contributed by atoms with Crippen molar-refractivity contribution < 1.29 is 14.3 Å². The Labute approximate surface area is 102 Å². The van der Waals surface area contributed by atoms with Gasteiger partial charge < -0.3 is 15.4 Å². The maximum absolute atomic E-state index is 11.9. The fraction of sp³-hybridized carbons (Fsp3) is 0.833. The van der Waals surface area contributed by atoms with Crippen molar-refractivity contribution in [3.63, 3.8) is 0 Å². The Bertz CT molecular complexity index is 291. The number of hydrogen-bond donors (Lipinski definition) is 1. The number of rotatable bonds is 3. The van der Waals surface area contributed by atoms with E-state index in [4.69, 9.17) is 5.73 Å². The van der Waals surface area contributed by atoms with E-state index < -0.39 is 0 Å². The number of nitrogens with two attached hydrogens (primary N) is 1. The van der Waals surface area contributed by atoms with Gasteiger partial charge in [-0.3, -0.25) is 9.59 Å². The van der Waals surface area contributed by atoms with Crippen LogP contribution in [0.25, 0.3) is 0 Å². The van der Waals surface area contributed by atoms with Crippen LogP contribution in [0.3, 0.4) is 0 Å². The van der Waals surface area contributed by atoms with Crippen LogP contribution in [-0.2, 0) is 14.3 Å². The molecule has 1 amide bonds. The molecule has 1 fully saturated rings. The predicted molar refractivity (Wildman–Crippen MR) is 64.1 cm³/mol. The fourth-order valence-electron chi connectivity index (χ4n) is 2.26. The molecule has 0 bridgehead atoms. The lowest BCUT2D eigenvalue weighted by Gasteiger charge is -2.36. The summed E-state index contributed by atoms with van der Waals surface area (Å²) < 4.78 is 4.65. The molecule has 5 heteroatoms. The minimum atomic E-state index is -0.235. The summed E-state index contributed by atoms with van der Waals surface area (Å²) in [7, 11) is 1.38. The second-order valence-electron chi connectivity index (χ2n) is 5.04. The van der Waals surface area contributed by atoms with Crippen molar-refractivity contribution in [1.82, 2.24) is 4.90 Å². The molecule has 1 saturated heterocycles. The van der Waals surface area contributed by atoms with Crippen molar-refractivity contribution in [3.05, 3.63) is 0 Å². The average molecular weight is 242 g/mol. The summed E-state index contributed by atoms with van der Waals surface area (Å²) in [4.78, 5) is 24.9. The maximum Gasteiger partial charge on any atom is 0.305 e. The highest BCUT2D eigenvalue weighted by atomic mass is 16.5. The minimum absolute atomic E-state index is 0.0286. The highest BCUT2D eigenvalue weighted by Crippen LogP contribution is 2.20. The van der Waals surface area contributed by atoms with Crippen molar-refractivity contribution in [2.45, 2.75) is 32.7 Å². The Hall–Kier alpha value is -1.10. The standard InChI is InChI=1S/C12H22N2O3/c1-8(2)12(16)14-6-9(4-10(13)7-14)5-11(15)17-3/h8-10H,4-7,13H2,1-3H3. The second-order valence-corrected chi connectivity index (χ2v) is 5.04. The van der Waals surface area contributed by atoms with Crippen LogP contribution in [0.1, 0.15) is 26.7 Å². The lowest BCUT2D eigenvalue weighted by Crippen LogP contribution is -2.50. The Kier molecular flexibility index (Phi) is 4.93. The van der Waals surface area contributed by atoms with E-state index in [2.05, 4.69) is 4.74 Å². The number of piperidine rings is 1. The molecule has 2 unspecified atom stereocenters. The number of ether oxygens (including phenoxy) is 1. The van der Waals surface area contributed by atoms with Gasteiger partial charge in [0.05, 0.1) is 13.5 Å². The van der Waals surface area contributed by atoms with Crippen LogP contribution in [-0.4, -0.2) is 43.0 Å². The van der Waals surface area contributed by atoms with Crippen LogP contribution in [0.5, 0.6) is 0 Å². The quantitative estimate of drug-likeness (QED) is 0.726. The van der Waals surface area contributed by atoms with Crippen molar-refractivity contribution in [3.8, 4) is 0 Å². The van der Waals surface area contributed by atoms with E-state index in [1.165, 1.54) is 7.11 Å². The molecule has 1 aliphatic heterocycles. The SMILES string of the molecule is COC(=O)CC1CC(N)CN(C(=O)C(C)C)C1. The molecule has 1 aliphatic rings. The molecular formula is C12H22N2O3. The van der Waals surface area contributed by atoms with Crippen LogP contribution in [0.2, 0.25) is 0 Å². The van der Waals surface area contributed by atoms with Gasteiger partial charge in [0.25, 0.3) is 0 Å². The monoisotopic (exact) mass is 242 g/mol. The number of methoxy groups -OCH3 is 1. The number of likely N-dealkylation sites (tertiary alicyclic amines) is 1. The average Bonchev–Trinajstić information content (AvgIpc) is 2.26. The van der Waals surface area contributed by atoms with Crippen molar-refractivity contribution in [2.75, 3.05) is 20.2 Å². The van der Waals surface area contributed by atoms with Crippen LogP contribution in [0.4, 0.5) is 0 Å². The van der Waals surface area contributed by atoms with Gasteiger partial charge in [0.1, 0.15) is 0 Å².